The van der Waals surface area contributed by atoms with Gasteiger partial charge in [0.15, 0.2) is 0 Å². The van der Waals surface area contributed by atoms with Gasteiger partial charge in [-0.3, -0.25) is 19.3 Å². The number of nitrogens with zero attached hydrogens (tertiary/aromatic N) is 1. The molecule has 0 aliphatic carbocycles. The normalized spacial score (nSPS) is 15.8. The van der Waals surface area contributed by atoms with Gasteiger partial charge in [0.1, 0.15) is 0 Å². The maximum Gasteiger partial charge on any atom is 0.308 e. The van der Waals surface area contributed by atoms with Crippen LogP contribution in [0.2, 0.25) is 0 Å². The molecule has 100 valence electrons. The van der Waals surface area contributed by atoms with Crippen molar-refractivity contribution in [3.8, 4) is 0 Å². The number of rotatable bonds is 4. The van der Waals surface area contributed by atoms with Crippen molar-refractivity contribution in [2.75, 3.05) is 6.54 Å². The average molecular weight is 261 g/mol. The van der Waals surface area contributed by atoms with Crippen LogP contribution >= 0.6 is 0 Å². The van der Waals surface area contributed by atoms with Crippen molar-refractivity contribution in [2.24, 2.45) is 11.8 Å². The Morgan fingerprint density at radius 3 is 2.00 bits per heavy atom. The van der Waals surface area contributed by atoms with Crippen molar-refractivity contribution in [3.05, 3.63) is 35.4 Å². The second-order valence-electron chi connectivity index (χ2n) is 4.96. The Bertz CT molecular complexity index is 515. The molecular weight excluding hydrogens is 246 g/mol. The van der Waals surface area contributed by atoms with Gasteiger partial charge in [0, 0.05) is 6.54 Å². The van der Waals surface area contributed by atoms with Gasteiger partial charge in [-0.25, -0.2) is 0 Å². The number of imide groups is 1. The van der Waals surface area contributed by atoms with Gasteiger partial charge in [0.25, 0.3) is 11.8 Å². The number of carboxylic acid groups (broad SMARTS) is 1. The lowest BCUT2D eigenvalue weighted by atomic mass is 9.95. The molecule has 5 nitrogen and oxygen atoms in total. The molecule has 1 aromatic carbocycles. The fraction of sp³-hybridized carbons (Fsp3) is 0.357. The summed E-state index contributed by atoms with van der Waals surface area (Å²) in [5.74, 6) is -2.71. The lowest BCUT2D eigenvalue weighted by molar-refractivity contribution is -0.143. The van der Waals surface area contributed by atoms with E-state index in [1.807, 2.05) is 0 Å². The first-order valence-electron chi connectivity index (χ1n) is 6.11. The average Bonchev–Trinajstić information content (AvgIpc) is 2.59. The molecule has 1 aliphatic heterocycles. The third-order valence-corrected chi connectivity index (χ3v) is 3.38. The first-order valence-corrected chi connectivity index (χ1v) is 6.11. The van der Waals surface area contributed by atoms with Crippen molar-refractivity contribution in [1.29, 1.82) is 0 Å². The largest absolute Gasteiger partial charge is 0.481 e. The Balaban J connectivity index is 2.27. The fourth-order valence-electron chi connectivity index (χ4n) is 2.18. The minimum absolute atomic E-state index is 0.0840. The molecule has 1 atom stereocenters. The Labute approximate surface area is 110 Å². The third-order valence-electron chi connectivity index (χ3n) is 3.38. The molecule has 0 radical (unpaired) electrons. The van der Waals surface area contributed by atoms with Crippen LogP contribution in [0.15, 0.2) is 24.3 Å². The maximum atomic E-state index is 12.1. The van der Waals surface area contributed by atoms with Gasteiger partial charge in [-0.1, -0.05) is 26.0 Å². The van der Waals surface area contributed by atoms with Crippen LogP contribution in [0.3, 0.4) is 0 Å². The molecule has 5 heteroatoms. The molecular formula is C14H15NO4. The molecule has 0 fully saturated rings. The van der Waals surface area contributed by atoms with Crippen LogP contribution in [0.1, 0.15) is 34.6 Å². The summed E-state index contributed by atoms with van der Waals surface area (Å²) in [7, 11) is 0. The molecule has 0 bridgehead atoms. The molecule has 2 amide bonds. The van der Waals surface area contributed by atoms with Crippen molar-refractivity contribution in [1.82, 2.24) is 4.90 Å². The van der Waals surface area contributed by atoms with Crippen LogP contribution in [0.5, 0.6) is 0 Å². The summed E-state index contributed by atoms with van der Waals surface area (Å²) in [4.78, 5) is 36.4. The summed E-state index contributed by atoms with van der Waals surface area (Å²) in [6.07, 6.45) is 0. The zero-order chi connectivity index (χ0) is 14.2. The highest BCUT2D eigenvalue weighted by Gasteiger charge is 2.38. The lowest BCUT2D eigenvalue weighted by Gasteiger charge is -2.21. The van der Waals surface area contributed by atoms with E-state index in [2.05, 4.69) is 0 Å². The SMILES string of the molecule is CC(C)C(CN1C(=O)c2ccccc2C1=O)C(=O)O. The highest BCUT2D eigenvalue weighted by atomic mass is 16.4. The number of fused-ring (bicyclic) bond motifs is 1. The summed E-state index contributed by atoms with van der Waals surface area (Å²) >= 11 is 0. The van der Waals surface area contributed by atoms with Gasteiger partial charge in [0.05, 0.1) is 17.0 Å². The predicted molar refractivity (Wildman–Crippen MR) is 67.8 cm³/mol. The van der Waals surface area contributed by atoms with Gasteiger partial charge >= 0.3 is 5.97 Å². The van der Waals surface area contributed by atoms with Gasteiger partial charge in [-0.15, -0.1) is 0 Å². The van der Waals surface area contributed by atoms with E-state index in [1.54, 1.807) is 38.1 Å². The van der Waals surface area contributed by atoms with Crippen molar-refractivity contribution in [2.45, 2.75) is 13.8 Å². The summed E-state index contributed by atoms with van der Waals surface area (Å²) in [6.45, 7) is 3.44. The molecule has 0 saturated heterocycles. The second-order valence-corrected chi connectivity index (χ2v) is 4.96. The number of aliphatic carboxylic acids is 1. The van der Waals surface area contributed by atoms with E-state index in [4.69, 9.17) is 5.11 Å². The third kappa shape index (κ3) is 2.23. The van der Waals surface area contributed by atoms with Crippen LogP contribution < -0.4 is 0 Å². The number of carboxylic acids is 1. The van der Waals surface area contributed by atoms with Gasteiger partial charge in [-0.05, 0) is 18.1 Å². The van der Waals surface area contributed by atoms with Crippen molar-refractivity contribution in [3.63, 3.8) is 0 Å². The van der Waals surface area contributed by atoms with Crippen LogP contribution in [0.4, 0.5) is 0 Å². The van der Waals surface area contributed by atoms with E-state index < -0.39 is 23.7 Å². The number of benzene rings is 1. The molecule has 1 heterocycles. The maximum absolute atomic E-state index is 12.1. The van der Waals surface area contributed by atoms with E-state index in [9.17, 15) is 14.4 Å². The fourth-order valence-corrected chi connectivity index (χ4v) is 2.18. The highest BCUT2D eigenvalue weighted by molar-refractivity contribution is 6.21. The number of hydrogen-bond donors (Lipinski definition) is 1. The number of carbonyl (C=O) groups excluding carboxylic acids is 2. The van der Waals surface area contributed by atoms with Gasteiger partial charge < -0.3 is 5.11 Å². The first kappa shape index (κ1) is 13.3. The molecule has 19 heavy (non-hydrogen) atoms. The molecule has 1 aliphatic rings. The molecule has 2 rings (SSSR count). The first-order chi connectivity index (χ1) is 8.93. The predicted octanol–water partition coefficient (Wildman–Crippen LogP) is 1.64. The van der Waals surface area contributed by atoms with Crippen molar-refractivity contribution >= 4 is 17.8 Å². The summed E-state index contributed by atoms with van der Waals surface area (Å²) < 4.78 is 0. The van der Waals surface area contributed by atoms with Crippen LogP contribution in [-0.4, -0.2) is 34.3 Å². The topological polar surface area (TPSA) is 74.7 Å². The minimum atomic E-state index is -0.994. The second kappa shape index (κ2) is 4.84. The smallest absolute Gasteiger partial charge is 0.308 e. The van der Waals surface area contributed by atoms with Crippen LogP contribution in [-0.2, 0) is 4.79 Å². The van der Waals surface area contributed by atoms with E-state index in [-0.39, 0.29) is 12.5 Å². The number of carbonyl (C=O) groups is 3. The molecule has 1 unspecified atom stereocenters. The van der Waals surface area contributed by atoms with Crippen LogP contribution in [0.25, 0.3) is 0 Å². The molecule has 0 saturated carbocycles. The Hall–Kier alpha value is -2.17. The zero-order valence-corrected chi connectivity index (χ0v) is 10.8. The Morgan fingerprint density at radius 2 is 1.63 bits per heavy atom. The van der Waals surface area contributed by atoms with Gasteiger partial charge in [0.2, 0.25) is 0 Å². The van der Waals surface area contributed by atoms with Crippen LogP contribution in [0, 0.1) is 11.8 Å². The molecule has 0 spiro atoms. The number of amides is 2. The molecule has 1 N–H and O–H groups in total. The summed E-state index contributed by atoms with van der Waals surface area (Å²) in [5, 5.41) is 9.14. The Morgan fingerprint density at radius 1 is 1.16 bits per heavy atom. The minimum Gasteiger partial charge on any atom is -0.481 e. The molecule has 1 aromatic rings. The highest BCUT2D eigenvalue weighted by Crippen LogP contribution is 2.25. The Kier molecular flexibility index (Phi) is 3.38. The lowest BCUT2D eigenvalue weighted by Crippen LogP contribution is -2.39. The standard InChI is InChI=1S/C14H15NO4/c1-8(2)11(14(18)19)7-15-12(16)9-5-3-4-6-10(9)13(15)17/h3-6,8,11H,7H2,1-2H3,(H,18,19). The quantitative estimate of drug-likeness (QED) is 0.836. The number of hydrogen-bond acceptors (Lipinski definition) is 3. The van der Waals surface area contributed by atoms with Crippen molar-refractivity contribution < 1.29 is 19.5 Å². The van der Waals surface area contributed by atoms with E-state index in [1.165, 1.54) is 0 Å². The summed E-state index contributed by atoms with van der Waals surface area (Å²) in [6, 6.07) is 6.54. The van der Waals surface area contributed by atoms with E-state index in [0.29, 0.717) is 11.1 Å². The van der Waals surface area contributed by atoms with Gasteiger partial charge in [-0.2, -0.15) is 0 Å². The van der Waals surface area contributed by atoms with E-state index in [0.717, 1.165) is 4.90 Å². The summed E-state index contributed by atoms with van der Waals surface area (Å²) in [5.41, 5.74) is 0.695. The monoisotopic (exact) mass is 261 g/mol. The zero-order valence-electron chi connectivity index (χ0n) is 10.8. The molecule has 0 aromatic heterocycles. The van der Waals surface area contributed by atoms with E-state index >= 15 is 0 Å².